The van der Waals surface area contributed by atoms with Gasteiger partial charge in [-0.1, -0.05) is 71.2 Å². The predicted octanol–water partition coefficient (Wildman–Crippen LogP) is 6.08. The van der Waals surface area contributed by atoms with Crippen LogP contribution in [0, 0.1) is 0 Å². The molecule has 1 N–H and O–H groups in total. The lowest BCUT2D eigenvalue weighted by Gasteiger charge is -2.12. The molecular formula is C14H11Cl5O4. The molecule has 1 aromatic carbocycles. The van der Waals surface area contributed by atoms with Gasteiger partial charge < -0.3 is 9.84 Å². The summed E-state index contributed by atoms with van der Waals surface area (Å²) in [6.45, 7) is 9.50. The van der Waals surface area contributed by atoms with E-state index in [0.717, 1.165) is 0 Å². The lowest BCUT2D eigenvalue weighted by atomic mass is 10.3. The van der Waals surface area contributed by atoms with Crippen molar-refractivity contribution in [2.24, 2.45) is 0 Å². The van der Waals surface area contributed by atoms with Gasteiger partial charge in [-0.3, -0.25) is 0 Å². The number of halogens is 5. The quantitative estimate of drug-likeness (QED) is 0.212. The van der Waals surface area contributed by atoms with Crippen LogP contribution in [0.4, 0.5) is 0 Å². The first-order chi connectivity index (χ1) is 10.4. The lowest BCUT2D eigenvalue weighted by molar-refractivity contribution is -0.132. The van der Waals surface area contributed by atoms with Gasteiger partial charge in [0.2, 0.25) is 0 Å². The van der Waals surface area contributed by atoms with Crippen molar-refractivity contribution < 1.29 is 19.4 Å². The zero-order chi connectivity index (χ0) is 18.5. The van der Waals surface area contributed by atoms with Gasteiger partial charge in [0.1, 0.15) is 10.0 Å². The monoisotopic (exact) mass is 418 g/mol. The molecule has 23 heavy (non-hydrogen) atoms. The summed E-state index contributed by atoms with van der Waals surface area (Å²) >= 11 is 29.1. The Hall–Kier alpha value is -0.910. The number of aliphatic carboxylic acids is 1. The molecule has 126 valence electrons. The SMILES string of the molecule is C=C(C)C(=O)O.C=C(C)C(=O)Oc1c(Cl)c(Cl)c(Cl)c(Cl)c1Cl. The normalized spacial score (nSPS) is 9.52. The van der Waals surface area contributed by atoms with Crippen molar-refractivity contribution in [2.45, 2.75) is 13.8 Å². The van der Waals surface area contributed by atoms with Crippen molar-refractivity contribution in [3.8, 4) is 5.75 Å². The summed E-state index contributed by atoms with van der Waals surface area (Å²) in [5.74, 6) is -1.76. The minimum atomic E-state index is -0.935. The highest BCUT2D eigenvalue weighted by Gasteiger charge is 2.22. The second kappa shape index (κ2) is 9.40. The summed E-state index contributed by atoms with van der Waals surface area (Å²) < 4.78 is 4.92. The molecule has 0 radical (unpaired) electrons. The number of carbonyl (C=O) groups is 2. The molecular weight excluding hydrogens is 409 g/mol. The molecule has 0 fully saturated rings. The van der Waals surface area contributed by atoms with Gasteiger partial charge in [-0.05, 0) is 13.8 Å². The summed E-state index contributed by atoms with van der Waals surface area (Å²) in [4.78, 5) is 21.0. The minimum Gasteiger partial charge on any atom is -0.478 e. The van der Waals surface area contributed by atoms with Crippen molar-refractivity contribution in [1.82, 2.24) is 0 Å². The fourth-order valence-corrected chi connectivity index (χ4v) is 2.05. The van der Waals surface area contributed by atoms with Crippen LogP contribution in [-0.2, 0) is 9.59 Å². The second-order valence-corrected chi connectivity index (χ2v) is 6.04. The number of carboxylic acids is 1. The summed E-state index contributed by atoms with van der Waals surface area (Å²) in [5, 5.41) is 7.65. The molecule has 9 heteroatoms. The Morgan fingerprint density at radius 3 is 1.39 bits per heavy atom. The van der Waals surface area contributed by atoms with Gasteiger partial charge in [-0.25, -0.2) is 9.59 Å². The van der Waals surface area contributed by atoms with Gasteiger partial charge in [-0.2, -0.15) is 0 Å². The van der Waals surface area contributed by atoms with Crippen molar-refractivity contribution >= 4 is 69.9 Å². The van der Waals surface area contributed by atoms with Crippen molar-refractivity contribution in [2.75, 3.05) is 0 Å². The van der Waals surface area contributed by atoms with E-state index in [1.807, 2.05) is 0 Å². The first kappa shape index (κ1) is 22.1. The van der Waals surface area contributed by atoms with E-state index in [1.165, 1.54) is 13.8 Å². The molecule has 0 aromatic heterocycles. The fraction of sp³-hybridized carbons (Fsp3) is 0.143. The van der Waals surface area contributed by atoms with E-state index < -0.39 is 11.9 Å². The van der Waals surface area contributed by atoms with Gasteiger partial charge in [0.25, 0.3) is 0 Å². The van der Waals surface area contributed by atoms with Gasteiger partial charge in [0.05, 0.1) is 15.1 Å². The van der Waals surface area contributed by atoms with Crippen molar-refractivity contribution in [3.63, 3.8) is 0 Å². The molecule has 4 nitrogen and oxygen atoms in total. The van der Waals surface area contributed by atoms with Crippen molar-refractivity contribution in [3.05, 3.63) is 49.4 Å². The van der Waals surface area contributed by atoms with Crippen molar-refractivity contribution in [1.29, 1.82) is 0 Å². The third-order valence-corrected chi connectivity index (χ3v) is 4.32. The Labute approximate surface area is 158 Å². The van der Waals surface area contributed by atoms with Gasteiger partial charge in [-0.15, -0.1) is 0 Å². The highest BCUT2D eigenvalue weighted by Crippen LogP contribution is 2.48. The predicted molar refractivity (Wildman–Crippen MR) is 94.4 cm³/mol. The molecule has 0 aliphatic rings. The summed E-state index contributed by atoms with van der Waals surface area (Å²) in [6.07, 6.45) is 0. The van der Waals surface area contributed by atoms with Gasteiger partial charge in [0, 0.05) is 11.1 Å². The molecule has 0 heterocycles. The zero-order valence-electron chi connectivity index (χ0n) is 12.0. The van der Waals surface area contributed by atoms with E-state index in [2.05, 4.69) is 13.2 Å². The molecule has 1 rings (SSSR count). The number of benzene rings is 1. The number of carboxylic acid groups (broad SMARTS) is 1. The van der Waals surface area contributed by atoms with Crippen LogP contribution in [0.5, 0.6) is 5.75 Å². The number of ether oxygens (including phenoxy) is 1. The maximum atomic E-state index is 11.4. The number of esters is 1. The first-order valence-corrected chi connectivity index (χ1v) is 7.58. The van der Waals surface area contributed by atoms with Crippen LogP contribution >= 0.6 is 58.0 Å². The van der Waals surface area contributed by atoms with E-state index in [-0.39, 0.29) is 42.0 Å². The van der Waals surface area contributed by atoms with Crippen LogP contribution in [0.1, 0.15) is 13.8 Å². The average Bonchev–Trinajstić information content (AvgIpc) is 2.47. The molecule has 0 aliphatic carbocycles. The van der Waals surface area contributed by atoms with E-state index >= 15 is 0 Å². The minimum absolute atomic E-state index is 0.00143. The highest BCUT2D eigenvalue weighted by molar-refractivity contribution is 6.55. The van der Waals surface area contributed by atoms with Gasteiger partial charge in [0.15, 0.2) is 5.75 Å². The standard InChI is InChI=1S/C10H5Cl5O2.C4H6O2/c1-3(2)10(16)17-9-7(14)5(12)4(11)6(13)8(9)15;1-3(2)4(5)6/h1H2,2H3;1H2,2H3,(H,5,6). The van der Waals surface area contributed by atoms with Crippen LogP contribution in [0.25, 0.3) is 0 Å². The molecule has 0 atom stereocenters. The van der Waals surface area contributed by atoms with E-state index in [0.29, 0.717) is 0 Å². The first-order valence-electron chi connectivity index (χ1n) is 5.69. The molecule has 0 aliphatic heterocycles. The van der Waals surface area contributed by atoms with Crippen LogP contribution in [-0.4, -0.2) is 17.0 Å². The molecule has 0 unspecified atom stereocenters. The topological polar surface area (TPSA) is 63.6 Å². The van der Waals surface area contributed by atoms with E-state index in [4.69, 9.17) is 67.8 Å². The van der Waals surface area contributed by atoms with Crippen LogP contribution in [0.3, 0.4) is 0 Å². The van der Waals surface area contributed by atoms with Gasteiger partial charge >= 0.3 is 11.9 Å². The molecule has 0 amide bonds. The second-order valence-electron chi connectivity index (χ2n) is 4.15. The molecule has 0 saturated heterocycles. The van der Waals surface area contributed by atoms with E-state index in [9.17, 15) is 9.59 Å². The molecule has 0 saturated carbocycles. The molecule has 0 bridgehead atoms. The number of carbonyl (C=O) groups excluding carboxylic acids is 1. The number of rotatable bonds is 3. The highest BCUT2D eigenvalue weighted by atomic mass is 35.5. The van der Waals surface area contributed by atoms with Crippen LogP contribution in [0.15, 0.2) is 24.3 Å². The Kier molecular flexibility index (Phi) is 9.03. The Morgan fingerprint density at radius 2 is 1.13 bits per heavy atom. The summed E-state index contributed by atoms with van der Waals surface area (Å²) in [5.41, 5.74) is 0.356. The Morgan fingerprint density at radius 1 is 0.826 bits per heavy atom. The number of hydrogen-bond acceptors (Lipinski definition) is 3. The third-order valence-electron chi connectivity index (χ3n) is 2.08. The Bertz CT molecular complexity index is 641. The lowest BCUT2D eigenvalue weighted by Crippen LogP contribution is -2.09. The largest absolute Gasteiger partial charge is 0.478 e. The summed E-state index contributed by atoms with van der Waals surface area (Å²) in [6, 6.07) is 0. The van der Waals surface area contributed by atoms with Crippen LogP contribution < -0.4 is 4.74 Å². The maximum Gasteiger partial charge on any atom is 0.338 e. The molecule has 0 spiro atoms. The third kappa shape index (κ3) is 6.24. The summed E-state index contributed by atoms with van der Waals surface area (Å²) in [7, 11) is 0. The van der Waals surface area contributed by atoms with Crippen LogP contribution in [0.2, 0.25) is 25.1 Å². The smallest absolute Gasteiger partial charge is 0.338 e. The average molecular weight is 421 g/mol. The molecule has 1 aromatic rings. The maximum absolute atomic E-state index is 11.4. The zero-order valence-corrected chi connectivity index (χ0v) is 15.8. The van der Waals surface area contributed by atoms with E-state index in [1.54, 1.807) is 0 Å². The fourth-order valence-electron chi connectivity index (χ4n) is 0.854. The number of hydrogen-bond donors (Lipinski definition) is 1. The Balaban J connectivity index is 0.000000688.